The van der Waals surface area contributed by atoms with Gasteiger partial charge in [-0.25, -0.2) is 4.98 Å². The molecule has 4 heteroatoms. The van der Waals surface area contributed by atoms with Crippen LogP contribution < -0.4 is 5.73 Å². The number of benzene rings is 1. The fourth-order valence-corrected chi connectivity index (χ4v) is 1.94. The van der Waals surface area contributed by atoms with E-state index in [4.69, 9.17) is 5.73 Å². The number of hydrogen-bond acceptors (Lipinski definition) is 3. The average molecular weight is 237 g/mol. The summed E-state index contributed by atoms with van der Waals surface area (Å²) in [7, 11) is 0. The lowest BCUT2D eigenvalue weighted by atomic mass is 10.1. The number of fused-ring (bicyclic) bond motifs is 1. The normalized spacial score (nSPS) is 10.7. The van der Waals surface area contributed by atoms with Gasteiger partial charge in [-0.05, 0) is 11.6 Å². The van der Waals surface area contributed by atoms with Crippen LogP contribution in [0.25, 0.3) is 22.2 Å². The average Bonchev–Trinajstić information content (AvgIpc) is 2.80. The smallest absolute Gasteiger partial charge is 0.150 e. The number of carbonyl (C=O) groups is 1. The van der Waals surface area contributed by atoms with Gasteiger partial charge in [-0.15, -0.1) is 0 Å². The summed E-state index contributed by atoms with van der Waals surface area (Å²) in [5.74, 6) is 0. The maximum atomic E-state index is 10.6. The summed E-state index contributed by atoms with van der Waals surface area (Å²) in [6, 6.07) is 9.36. The fraction of sp³-hybridized carbons (Fsp3) is 0. The standard InChI is InChI=1S/C14H11N3O/c15-13-7-17-14-12(13)5-11(6-16-14)10-3-1-9(8-18)2-4-10/h1-8H,15H2,(H,16,17). The molecule has 3 rings (SSSR count). The number of hydrogen-bond donors (Lipinski definition) is 2. The van der Waals surface area contributed by atoms with Crippen molar-refractivity contribution in [3.05, 3.63) is 48.3 Å². The molecule has 0 bridgehead atoms. The van der Waals surface area contributed by atoms with E-state index in [1.54, 1.807) is 24.5 Å². The third kappa shape index (κ3) is 1.64. The van der Waals surface area contributed by atoms with Crippen LogP contribution in [0.3, 0.4) is 0 Å². The number of carbonyl (C=O) groups excluding carboxylic acids is 1. The number of nitrogens with zero attached hydrogens (tertiary/aromatic N) is 1. The minimum absolute atomic E-state index is 0.661. The summed E-state index contributed by atoms with van der Waals surface area (Å²) in [6.45, 7) is 0. The van der Waals surface area contributed by atoms with Gasteiger partial charge >= 0.3 is 0 Å². The first-order valence-corrected chi connectivity index (χ1v) is 5.56. The van der Waals surface area contributed by atoms with Gasteiger partial charge in [-0.3, -0.25) is 4.79 Å². The van der Waals surface area contributed by atoms with Crippen molar-refractivity contribution in [2.24, 2.45) is 0 Å². The lowest BCUT2D eigenvalue weighted by molar-refractivity contribution is 0.112. The van der Waals surface area contributed by atoms with E-state index in [1.807, 2.05) is 18.2 Å². The Morgan fingerprint density at radius 3 is 2.67 bits per heavy atom. The van der Waals surface area contributed by atoms with Crippen molar-refractivity contribution >= 4 is 23.0 Å². The lowest BCUT2D eigenvalue weighted by Gasteiger charge is -2.02. The molecule has 1 aromatic carbocycles. The summed E-state index contributed by atoms with van der Waals surface area (Å²) >= 11 is 0. The van der Waals surface area contributed by atoms with Gasteiger partial charge in [0.25, 0.3) is 0 Å². The molecule has 0 radical (unpaired) electrons. The molecule has 4 nitrogen and oxygen atoms in total. The Bertz CT molecular complexity index is 713. The van der Waals surface area contributed by atoms with Gasteiger partial charge in [-0.2, -0.15) is 0 Å². The van der Waals surface area contributed by atoms with Gasteiger partial charge in [0, 0.05) is 28.9 Å². The minimum atomic E-state index is 0.661. The first kappa shape index (κ1) is 10.5. The van der Waals surface area contributed by atoms with Crippen molar-refractivity contribution in [3.63, 3.8) is 0 Å². The van der Waals surface area contributed by atoms with Gasteiger partial charge in [0.15, 0.2) is 0 Å². The second kappa shape index (κ2) is 4.00. The predicted octanol–water partition coefficient (Wildman–Crippen LogP) is 2.62. The molecule has 0 unspecified atom stereocenters. The molecule has 0 aliphatic carbocycles. The van der Waals surface area contributed by atoms with E-state index in [9.17, 15) is 4.79 Å². The Morgan fingerprint density at radius 1 is 1.17 bits per heavy atom. The molecule has 2 heterocycles. The Morgan fingerprint density at radius 2 is 1.94 bits per heavy atom. The second-order valence-electron chi connectivity index (χ2n) is 4.10. The number of aldehydes is 1. The van der Waals surface area contributed by atoms with E-state index in [0.29, 0.717) is 11.3 Å². The SMILES string of the molecule is Nc1c[nH]c2ncc(-c3ccc(C=O)cc3)cc12. The molecule has 0 fully saturated rings. The minimum Gasteiger partial charge on any atom is -0.397 e. The van der Waals surface area contributed by atoms with Gasteiger partial charge in [0.05, 0.1) is 5.69 Å². The van der Waals surface area contributed by atoms with E-state index < -0.39 is 0 Å². The maximum Gasteiger partial charge on any atom is 0.150 e. The van der Waals surface area contributed by atoms with Crippen LogP contribution in [-0.2, 0) is 0 Å². The molecular formula is C14H11N3O. The maximum absolute atomic E-state index is 10.6. The number of aromatic amines is 1. The molecule has 0 saturated heterocycles. The van der Waals surface area contributed by atoms with E-state index in [1.165, 1.54) is 0 Å². The van der Waals surface area contributed by atoms with Gasteiger partial charge in [-0.1, -0.05) is 24.3 Å². The number of H-pyrrole nitrogens is 1. The van der Waals surface area contributed by atoms with Crippen molar-refractivity contribution in [2.75, 3.05) is 5.73 Å². The number of rotatable bonds is 2. The third-order valence-electron chi connectivity index (χ3n) is 2.94. The predicted molar refractivity (Wildman–Crippen MR) is 71.3 cm³/mol. The van der Waals surface area contributed by atoms with Crippen LogP contribution >= 0.6 is 0 Å². The van der Waals surface area contributed by atoms with Crippen molar-refractivity contribution < 1.29 is 4.79 Å². The number of nitrogen functional groups attached to an aromatic ring is 1. The fourth-order valence-electron chi connectivity index (χ4n) is 1.94. The molecule has 0 aliphatic heterocycles. The molecule has 0 spiro atoms. The molecule has 0 aliphatic rings. The van der Waals surface area contributed by atoms with Crippen LogP contribution in [0.4, 0.5) is 5.69 Å². The molecule has 0 amide bonds. The number of nitrogens with one attached hydrogen (secondary N) is 1. The van der Waals surface area contributed by atoms with E-state index >= 15 is 0 Å². The van der Waals surface area contributed by atoms with E-state index in [-0.39, 0.29) is 0 Å². The molecular weight excluding hydrogens is 226 g/mol. The first-order valence-electron chi connectivity index (χ1n) is 5.56. The zero-order valence-electron chi connectivity index (χ0n) is 9.55. The van der Waals surface area contributed by atoms with Crippen molar-refractivity contribution in [1.82, 2.24) is 9.97 Å². The summed E-state index contributed by atoms with van der Waals surface area (Å²) in [5, 5.41) is 0.909. The summed E-state index contributed by atoms with van der Waals surface area (Å²) in [5.41, 5.74) is 9.96. The highest BCUT2D eigenvalue weighted by Gasteiger charge is 2.04. The van der Waals surface area contributed by atoms with Crippen molar-refractivity contribution in [2.45, 2.75) is 0 Å². The number of pyridine rings is 1. The molecule has 3 aromatic rings. The Balaban J connectivity index is 2.12. The molecule has 3 N–H and O–H groups in total. The highest BCUT2D eigenvalue weighted by molar-refractivity contribution is 5.91. The van der Waals surface area contributed by atoms with Crippen LogP contribution in [0.2, 0.25) is 0 Å². The van der Waals surface area contributed by atoms with Crippen LogP contribution in [0, 0.1) is 0 Å². The highest BCUT2D eigenvalue weighted by atomic mass is 16.1. The molecule has 18 heavy (non-hydrogen) atoms. The summed E-state index contributed by atoms with van der Waals surface area (Å²) in [6.07, 6.45) is 4.35. The zero-order chi connectivity index (χ0) is 12.5. The molecule has 0 saturated carbocycles. The topological polar surface area (TPSA) is 71.8 Å². The van der Waals surface area contributed by atoms with Crippen molar-refractivity contribution in [3.8, 4) is 11.1 Å². The van der Waals surface area contributed by atoms with E-state index in [2.05, 4.69) is 9.97 Å². The molecule has 88 valence electrons. The number of aromatic nitrogens is 2. The van der Waals surface area contributed by atoms with Crippen LogP contribution in [0.5, 0.6) is 0 Å². The quantitative estimate of drug-likeness (QED) is 0.673. The first-order chi connectivity index (χ1) is 8.78. The van der Waals surface area contributed by atoms with Gasteiger partial charge in [0.2, 0.25) is 0 Å². The van der Waals surface area contributed by atoms with E-state index in [0.717, 1.165) is 28.4 Å². The summed E-state index contributed by atoms with van der Waals surface area (Å²) in [4.78, 5) is 17.9. The van der Waals surface area contributed by atoms with Crippen molar-refractivity contribution in [1.29, 1.82) is 0 Å². The molecule has 2 aromatic heterocycles. The Labute approximate surface area is 103 Å². The largest absolute Gasteiger partial charge is 0.397 e. The monoisotopic (exact) mass is 237 g/mol. The van der Waals surface area contributed by atoms with Gasteiger partial charge in [0.1, 0.15) is 11.9 Å². The van der Waals surface area contributed by atoms with Crippen LogP contribution in [0.15, 0.2) is 42.7 Å². The Hall–Kier alpha value is -2.62. The number of anilines is 1. The zero-order valence-corrected chi connectivity index (χ0v) is 9.55. The van der Waals surface area contributed by atoms with Crippen LogP contribution in [0.1, 0.15) is 10.4 Å². The Kier molecular flexibility index (Phi) is 2.34. The number of nitrogens with two attached hydrogens (primary N) is 1. The van der Waals surface area contributed by atoms with Gasteiger partial charge < -0.3 is 10.7 Å². The summed E-state index contributed by atoms with van der Waals surface area (Å²) < 4.78 is 0. The lowest BCUT2D eigenvalue weighted by Crippen LogP contribution is -1.85. The molecule has 0 atom stereocenters. The third-order valence-corrected chi connectivity index (χ3v) is 2.94. The second-order valence-corrected chi connectivity index (χ2v) is 4.10. The highest BCUT2D eigenvalue weighted by Crippen LogP contribution is 2.25. The van der Waals surface area contributed by atoms with Crippen LogP contribution in [-0.4, -0.2) is 16.3 Å².